The molecule has 110 valence electrons. The quantitative estimate of drug-likeness (QED) is 0.781. The lowest BCUT2D eigenvalue weighted by Crippen LogP contribution is -2.35. The number of ether oxygens (including phenoxy) is 1. The molecule has 1 saturated heterocycles. The van der Waals surface area contributed by atoms with E-state index in [2.05, 4.69) is 0 Å². The Kier molecular flexibility index (Phi) is 4.02. The van der Waals surface area contributed by atoms with Gasteiger partial charge in [0.1, 0.15) is 11.4 Å². The Morgan fingerprint density at radius 2 is 2.05 bits per heavy atom. The van der Waals surface area contributed by atoms with E-state index in [1.165, 1.54) is 6.07 Å². The highest BCUT2D eigenvalue weighted by Crippen LogP contribution is 2.29. The van der Waals surface area contributed by atoms with Crippen molar-refractivity contribution in [2.75, 3.05) is 13.1 Å². The summed E-state index contributed by atoms with van der Waals surface area (Å²) in [6.45, 7) is 8.71. The number of carbonyl (C=O) groups is 1. The van der Waals surface area contributed by atoms with Gasteiger partial charge >= 0.3 is 6.09 Å². The highest BCUT2D eigenvalue weighted by atomic mass is 19.1. The minimum atomic E-state index is -0.482. The summed E-state index contributed by atoms with van der Waals surface area (Å²) in [7, 11) is 0. The maximum Gasteiger partial charge on any atom is 0.410 e. The van der Waals surface area contributed by atoms with Gasteiger partial charge in [-0.3, -0.25) is 0 Å². The lowest BCUT2D eigenvalue weighted by Gasteiger charge is -2.24. The van der Waals surface area contributed by atoms with Crippen LogP contribution in [0.1, 0.15) is 44.2 Å². The van der Waals surface area contributed by atoms with Gasteiger partial charge in [-0.15, -0.1) is 0 Å². The third-order valence-corrected chi connectivity index (χ3v) is 3.38. The van der Waals surface area contributed by atoms with Gasteiger partial charge in [0.25, 0.3) is 0 Å². The zero-order valence-corrected chi connectivity index (χ0v) is 12.6. The maximum atomic E-state index is 13.5. The van der Waals surface area contributed by atoms with Gasteiger partial charge in [0.15, 0.2) is 0 Å². The van der Waals surface area contributed by atoms with Gasteiger partial charge < -0.3 is 9.64 Å². The molecule has 1 aliphatic rings. The van der Waals surface area contributed by atoms with Crippen LogP contribution in [0.25, 0.3) is 0 Å². The first-order valence-electron chi connectivity index (χ1n) is 6.99. The number of hydrogen-bond donors (Lipinski definition) is 0. The van der Waals surface area contributed by atoms with E-state index in [-0.39, 0.29) is 17.8 Å². The Hall–Kier alpha value is -1.58. The van der Waals surface area contributed by atoms with Crippen LogP contribution in [0, 0.1) is 12.7 Å². The number of likely N-dealkylation sites (tertiary alicyclic amines) is 1. The van der Waals surface area contributed by atoms with Gasteiger partial charge in [-0.25, -0.2) is 9.18 Å². The van der Waals surface area contributed by atoms with Gasteiger partial charge in [-0.2, -0.15) is 0 Å². The van der Waals surface area contributed by atoms with Crippen molar-refractivity contribution < 1.29 is 13.9 Å². The Bertz CT molecular complexity index is 487. The lowest BCUT2D eigenvalue weighted by atomic mass is 9.97. The zero-order chi connectivity index (χ0) is 14.9. The first kappa shape index (κ1) is 14.8. The SMILES string of the molecule is Cc1cc(F)cc(C2CCN(C(=O)OC(C)(C)C)C2)c1. The van der Waals surface area contributed by atoms with Crippen molar-refractivity contribution in [1.82, 2.24) is 4.90 Å². The molecular weight excluding hydrogens is 257 g/mol. The predicted octanol–water partition coefficient (Wildman–Crippen LogP) is 3.86. The molecule has 0 N–H and O–H groups in total. The van der Waals surface area contributed by atoms with Crippen LogP contribution in [0.2, 0.25) is 0 Å². The van der Waals surface area contributed by atoms with Gasteiger partial charge in [0.2, 0.25) is 0 Å². The van der Waals surface area contributed by atoms with Crippen LogP contribution >= 0.6 is 0 Å². The van der Waals surface area contributed by atoms with E-state index in [1.54, 1.807) is 11.0 Å². The molecule has 1 aromatic carbocycles. The monoisotopic (exact) mass is 279 g/mol. The molecule has 0 radical (unpaired) electrons. The molecule has 0 bridgehead atoms. The van der Waals surface area contributed by atoms with Gasteiger partial charge in [-0.1, -0.05) is 6.07 Å². The van der Waals surface area contributed by atoms with Crippen molar-refractivity contribution in [2.24, 2.45) is 0 Å². The molecule has 0 spiro atoms. The van der Waals surface area contributed by atoms with Gasteiger partial charge in [0.05, 0.1) is 0 Å². The molecule has 1 unspecified atom stereocenters. The van der Waals surface area contributed by atoms with Crippen molar-refractivity contribution in [2.45, 2.75) is 45.6 Å². The van der Waals surface area contributed by atoms with E-state index < -0.39 is 5.60 Å². The maximum absolute atomic E-state index is 13.5. The van der Waals surface area contributed by atoms with E-state index in [4.69, 9.17) is 4.74 Å². The van der Waals surface area contributed by atoms with Crippen LogP contribution in [0.15, 0.2) is 18.2 Å². The van der Waals surface area contributed by atoms with Gasteiger partial charge in [-0.05, 0) is 57.4 Å². The predicted molar refractivity (Wildman–Crippen MR) is 76.3 cm³/mol. The van der Waals surface area contributed by atoms with Crippen LogP contribution in [0.3, 0.4) is 0 Å². The molecule has 1 amide bonds. The minimum absolute atomic E-state index is 0.192. The van der Waals surface area contributed by atoms with Crippen LogP contribution in [-0.2, 0) is 4.74 Å². The third kappa shape index (κ3) is 3.71. The average Bonchev–Trinajstić information content (AvgIpc) is 2.74. The second-order valence-corrected chi connectivity index (χ2v) is 6.47. The molecule has 1 aromatic rings. The number of aryl methyl sites for hydroxylation is 1. The molecule has 1 heterocycles. The molecule has 1 aliphatic heterocycles. The lowest BCUT2D eigenvalue weighted by molar-refractivity contribution is 0.0292. The smallest absolute Gasteiger partial charge is 0.410 e. The van der Waals surface area contributed by atoms with Crippen molar-refractivity contribution in [3.63, 3.8) is 0 Å². The molecule has 20 heavy (non-hydrogen) atoms. The number of benzene rings is 1. The highest BCUT2D eigenvalue weighted by molar-refractivity contribution is 5.68. The Morgan fingerprint density at radius 3 is 2.65 bits per heavy atom. The average molecular weight is 279 g/mol. The number of hydrogen-bond acceptors (Lipinski definition) is 2. The first-order chi connectivity index (χ1) is 9.24. The summed E-state index contributed by atoms with van der Waals surface area (Å²) in [6.07, 6.45) is 0.565. The minimum Gasteiger partial charge on any atom is -0.444 e. The number of carbonyl (C=O) groups excluding carboxylic acids is 1. The summed E-state index contributed by atoms with van der Waals surface area (Å²) in [5.41, 5.74) is 1.40. The normalized spacial score (nSPS) is 19.2. The zero-order valence-electron chi connectivity index (χ0n) is 12.6. The van der Waals surface area contributed by atoms with Crippen LogP contribution in [-0.4, -0.2) is 29.7 Å². The van der Waals surface area contributed by atoms with Crippen LogP contribution < -0.4 is 0 Å². The molecular formula is C16H22FNO2. The number of rotatable bonds is 1. The summed E-state index contributed by atoms with van der Waals surface area (Å²) in [5, 5.41) is 0. The molecule has 0 aliphatic carbocycles. The summed E-state index contributed by atoms with van der Waals surface area (Å²) in [6, 6.07) is 5.08. The topological polar surface area (TPSA) is 29.5 Å². The molecule has 1 fully saturated rings. The fourth-order valence-electron chi connectivity index (χ4n) is 2.52. The second kappa shape index (κ2) is 5.43. The molecule has 3 nitrogen and oxygen atoms in total. The van der Waals surface area contributed by atoms with E-state index in [0.717, 1.165) is 17.5 Å². The van der Waals surface area contributed by atoms with Crippen LogP contribution in [0.4, 0.5) is 9.18 Å². The summed E-state index contributed by atoms with van der Waals surface area (Å²) >= 11 is 0. The van der Waals surface area contributed by atoms with E-state index in [1.807, 2.05) is 33.8 Å². The third-order valence-electron chi connectivity index (χ3n) is 3.38. The Balaban J connectivity index is 2.03. The van der Waals surface area contributed by atoms with Crippen molar-refractivity contribution in [1.29, 1.82) is 0 Å². The fourth-order valence-corrected chi connectivity index (χ4v) is 2.52. The number of halogens is 1. The van der Waals surface area contributed by atoms with Crippen molar-refractivity contribution >= 4 is 6.09 Å². The molecule has 0 aromatic heterocycles. The number of nitrogens with zero attached hydrogens (tertiary/aromatic N) is 1. The Morgan fingerprint density at radius 1 is 1.35 bits per heavy atom. The molecule has 0 saturated carbocycles. The second-order valence-electron chi connectivity index (χ2n) is 6.47. The first-order valence-corrected chi connectivity index (χ1v) is 6.99. The molecule has 1 atom stereocenters. The van der Waals surface area contributed by atoms with E-state index >= 15 is 0 Å². The summed E-state index contributed by atoms with van der Waals surface area (Å²) < 4.78 is 18.8. The van der Waals surface area contributed by atoms with Crippen molar-refractivity contribution in [3.8, 4) is 0 Å². The standard InChI is InChI=1S/C16H22FNO2/c1-11-7-13(9-14(17)8-11)12-5-6-18(10-12)15(19)20-16(2,3)4/h7-9,12H,5-6,10H2,1-4H3. The van der Waals surface area contributed by atoms with Crippen molar-refractivity contribution in [3.05, 3.63) is 35.1 Å². The van der Waals surface area contributed by atoms with Crippen LogP contribution in [0.5, 0.6) is 0 Å². The highest BCUT2D eigenvalue weighted by Gasteiger charge is 2.30. The Labute approximate surface area is 119 Å². The summed E-state index contributed by atoms with van der Waals surface area (Å²) in [5.74, 6) is -0.0207. The fraction of sp³-hybridized carbons (Fsp3) is 0.562. The summed E-state index contributed by atoms with van der Waals surface area (Å²) in [4.78, 5) is 13.7. The van der Waals surface area contributed by atoms with E-state index in [0.29, 0.717) is 13.1 Å². The molecule has 2 rings (SSSR count). The number of amides is 1. The van der Waals surface area contributed by atoms with E-state index in [9.17, 15) is 9.18 Å². The molecule has 4 heteroatoms. The largest absolute Gasteiger partial charge is 0.444 e. The van der Waals surface area contributed by atoms with Gasteiger partial charge in [0, 0.05) is 19.0 Å².